The number of carbonyl (C=O) groups excluding carboxylic acids is 1. The lowest BCUT2D eigenvalue weighted by Gasteiger charge is -2.14. The summed E-state index contributed by atoms with van der Waals surface area (Å²) in [5, 5.41) is 4.10. The number of Topliss-reactive ketones (excluding diaryl/α,β-unsaturated/α-hetero) is 1. The van der Waals surface area contributed by atoms with E-state index in [4.69, 9.17) is 4.42 Å². The molecular formula is C12H15N3O2. The average molecular weight is 233 g/mol. The van der Waals surface area contributed by atoms with Gasteiger partial charge in [0.1, 0.15) is 0 Å². The molecule has 0 spiro atoms. The van der Waals surface area contributed by atoms with Crippen molar-refractivity contribution in [3.05, 3.63) is 35.9 Å². The number of hydrogen-bond acceptors (Lipinski definition) is 4. The van der Waals surface area contributed by atoms with Gasteiger partial charge >= 0.3 is 0 Å². The summed E-state index contributed by atoms with van der Waals surface area (Å²) in [5.74, 6) is 1.00. The van der Waals surface area contributed by atoms with E-state index in [9.17, 15) is 4.79 Å². The number of carbonyl (C=O) groups is 1. The molecule has 0 aromatic carbocycles. The van der Waals surface area contributed by atoms with Crippen LogP contribution < -0.4 is 4.90 Å². The molecule has 0 fully saturated rings. The van der Waals surface area contributed by atoms with Crippen LogP contribution in [-0.4, -0.2) is 22.6 Å². The van der Waals surface area contributed by atoms with Crippen LogP contribution in [0, 0.1) is 0 Å². The Morgan fingerprint density at radius 1 is 1.53 bits per heavy atom. The first-order valence-corrected chi connectivity index (χ1v) is 5.35. The molecule has 90 valence electrons. The Bertz CT molecular complexity index is 527. The van der Waals surface area contributed by atoms with E-state index in [-0.39, 0.29) is 5.78 Å². The maximum absolute atomic E-state index is 11.1. The monoisotopic (exact) mass is 233 g/mol. The summed E-state index contributed by atoms with van der Waals surface area (Å²) in [6.07, 6.45) is 3.76. The zero-order valence-electron chi connectivity index (χ0n) is 10.2. The van der Waals surface area contributed by atoms with E-state index in [1.807, 2.05) is 31.4 Å². The van der Waals surface area contributed by atoms with Gasteiger partial charge in [0, 0.05) is 45.4 Å². The second-order valence-corrected chi connectivity index (χ2v) is 4.07. The minimum atomic E-state index is -0.0639. The Morgan fingerprint density at radius 3 is 2.82 bits per heavy atom. The van der Waals surface area contributed by atoms with Crippen molar-refractivity contribution in [2.75, 3.05) is 11.9 Å². The highest BCUT2D eigenvalue weighted by atomic mass is 16.4. The first-order chi connectivity index (χ1) is 8.06. The van der Waals surface area contributed by atoms with Crippen molar-refractivity contribution in [1.29, 1.82) is 0 Å². The lowest BCUT2D eigenvalue weighted by molar-refractivity contribution is 0.0988. The minimum Gasteiger partial charge on any atom is -0.437 e. The van der Waals surface area contributed by atoms with Crippen LogP contribution in [0.4, 0.5) is 5.88 Å². The normalized spacial score (nSPS) is 10.5. The second-order valence-electron chi connectivity index (χ2n) is 4.07. The standard InChI is InChI=1S/C12H15N3O2/c1-9(16)11-4-5-12(17-11)14(2)7-10-6-13-15(3)8-10/h4-6,8H,7H2,1-3H3. The van der Waals surface area contributed by atoms with Gasteiger partial charge in [-0.3, -0.25) is 9.48 Å². The van der Waals surface area contributed by atoms with E-state index in [1.165, 1.54) is 6.92 Å². The number of aromatic nitrogens is 2. The fraction of sp³-hybridized carbons (Fsp3) is 0.333. The first kappa shape index (κ1) is 11.4. The fourth-order valence-electron chi connectivity index (χ4n) is 1.63. The molecule has 0 aliphatic carbocycles. The van der Waals surface area contributed by atoms with Crippen molar-refractivity contribution in [2.24, 2.45) is 7.05 Å². The van der Waals surface area contributed by atoms with Gasteiger partial charge in [0.15, 0.2) is 17.4 Å². The van der Waals surface area contributed by atoms with Crippen molar-refractivity contribution in [3.8, 4) is 0 Å². The summed E-state index contributed by atoms with van der Waals surface area (Å²) in [5.41, 5.74) is 1.09. The van der Waals surface area contributed by atoms with Crippen LogP contribution in [0.15, 0.2) is 28.9 Å². The van der Waals surface area contributed by atoms with Crippen molar-refractivity contribution in [3.63, 3.8) is 0 Å². The zero-order chi connectivity index (χ0) is 12.4. The van der Waals surface area contributed by atoms with Crippen LogP contribution in [0.3, 0.4) is 0 Å². The molecule has 0 saturated carbocycles. The van der Waals surface area contributed by atoms with Crippen LogP contribution >= 0.6 is 0 Å². The van der Waals surface area contributed by atoms with Crippen LogP contribution in [0.1, 0.15) is 23.0 Å². The van der Waals surface area contributed by atoms with E-state index >= 15 is 0 Å². The number of hydrogen-bond donors (Lipinski definition) is 0. The summed E-state index contributed by atoms with van der Waals surface area (Å²) in [6.45, 7) is 2.18. The number of nitrogens with zero attached hydrogens (tertiary/aromatic N) is 3. The molecule has 0 aliphatic heterocycles. The van der Waals surface area contributed by atoms with Crippen LogP contribution in [-0.2, 0) is 13.6 Å². The molecule has 5 nitrogen and oxygen atoms in total. The fourth-order valence-corrected chi connectivity index (χ4v) is 1.63. The number of furan rings is 1. The molecule has 0 saturated heterocycles. The second kappa shape index (κ2) is 4.45. The van der Waals surface area contributed by atoms with Gasteiger partial charge in [-0.15, -0.1) is 0 Å². The topological polar surface area (TPSA) is 51.3 Å². The van der Waals surface area contributed by atoms with Gasteiger partial charge < -0.3 is 9.32 Å². The Labute approximate surface area is 99.6 Å². The largest absolute Gasteiger partial charge is 0.437 e. The highest BCUT2D eigenvalue weighted by Gasteiger charge is 2.10. The maximum Gasteiger partial charge on any atom is 0.196 e. The van der Waals surface area contributed by atoms with Crippen molar-refractivity contribution >= 4 is 11.7 Å². The summed E-state index contributed by atoms with van der Waals surface area (Å²) >= 11 is 0. The molecule has 2 heterocycles. The predicted octanol–water partition coefficient (Wildman–Crippen LogP) is 1.85. The van der Waals surface area contributed by atoms with Gasteiger partial charge in [0.05, 0.1) is 6.20 Å². The van der Waals surface area contributed by atoms with Crippen molar-refractivity contribution < 1.29 is 9.21 Å². The van der Waals surface area contributed by atoms with Crippen molar-refractivity contribution in [1.82, 2.24) is 9.78 Å². The molecule has 0 atom stereocenters. The van der Waals surface area contributed by atoms with E-state index in [0.717, 1.165) is 5.56 Å². The molecule has 0 amide bonds. The molecule has 0 bridgehead atoms. The number of rotatable bonds is 4. The summed E-state index contributed by atoms with van der Waals surface area (Å²) in [4.78, 5) is 13.1. The molecule has 2 aromatic rings. The Hall–Kier alpha value is -2.04. The zero-order valence-corrected chi connectivity index (χ0v) is 10.2. The lowest BCUT2D eigenvalue weighted by Crippen LogP contribution is -2.15. The first-order valence-electron chi connectivity index (χ1n) is 5.35. The highest BCUT2D eigenvalue weighted by Crippen LogP contribution is 2.19. The molecule has 2 aromatic heterocycles. The molecular weight excluding hydrogens is 218 g/mol. The van der Waals surface area contributed by atoms with Gasteiger partial charge in [-0.05, 0) is 6.07 Å². The van der Waals surface area contributed by atoms with E-state index < -0.39 is 0 Å². The predicted molar refractivity (Wildman–Crippen MR) is 64.0 cm³/mol. The Morgan fingerprint density at radius 2 is 2.29 bits per heavy atom. The van der Waals surface area contributed by atoms with Crippen LogP contribution in [0.2, 0.25) is 0 Å². The molecule has 0 unspecified atom stereocenters. The van der Waals surface area contributed by atoms with E-state index in [0.29, 0.717) is 18.2 Å². The molecule has 0 aliphatic rings. The van der Waals surface area contributed by atoms with Crippen LogP contribution in [0.25, 0.3) is 0 Å². The highest BCUT2D eigenvalue weighted by molar-refractivity contribution is 5.91. The smallest absolute Gasteiger partial charge is 0.196 e. The quantitative estimate of drug-likeness (QED) is 0.756. The SMILES string of the molecule is CC(=O)c1ccc(N(C)Cc2cnn(C)c2)o1. The lowest BCUT2D eigenvalue weighted by atomic mass is 10.3. The molecule has 2 rings (SSSR count). The third-order valence-electron chi connectivity index (χ3n) is 2.49. The maximum atomic E-state index is 11.1. The van der Waals surface area contributed by atoms with Gasteiger partial charge in [0.2, 0.25) is 0 Å². The summed E-state index contributed by atoms with van der Waals surface area (Å²) < 4.78 is 7.19. The Kier molecular flexibility index (Phi) is 2.99. The molecule has 5 heteroatoms. The molecule has 17 heavy (non-hydrogen) atoms. The molecule has 0 radical (unpaired) electrons. The third kappa shape index (κ3) is 2.55. The van der Waals surface area contributed by atoms with Gasteiger partial charge in [0.25, 0.3) is 0 Å². The number of anilines is 1. The van der Waals surface area contributed by atoms with Crippen molar-refractivity contribution in [2.45, 2.75) is 13.5 Å². The van der Waals surface area contributed by atoms with E-state index in [1.54, 1.807) is 16.8 Å². The number of aryl methyl sites for hydroxylation is 1. The van der Waals surface area contributed by atoms with Gasteiger partial charge in [-0.2, -0.15) is 5.10 Å². The summed E-state index contributed by atoms with van der Waals surface area (Å²) in [7, 11) is 3.79. The van der Waals surface area contributed by atoms with Gasteiger partial charge in [-0.25, -0.2) is 0 Å². The van der Waals surface area contributed by atoms with Gasteiger partial charge in [-0.1, -0.05) is 0 Å². The van der Waals surface area contributed by atoms with Crippen LogP contribution in [0.5, 0.6) is 0 Å². The molecule has 0 N–H and O–H groups in total. The number of ketones is 1. The third-order valence-corrected chi connectivity index (χ3v) is 2.49. The summed E-state index contributed by atoms with van der Waals surface area (Å²) in [6, 6.07) is 3.49. The van der Waals surface area contributed by atoms with E-state index in [2.05, 4.69) is 5.10 Å². The Balaban J connectivity index is 2.08. The average Bonchev–Trinajstić information content (AvgIpc) is 2.86. The minimum absolute atomic E-state index is 0.0639.